The van der Waals surface area contributed by atoms with Crippen molar-refractivity contribution in [1.29, 1.82) is 0 Å². The third kappa shape index (κ3) is 8.86. The molecule has 0 saturated carbocycles. The number of carbonyl (C=O) groups is 2. The molecule has 0 aliphatic rings. The second-order valence-corrected chi connectivity index (χ2v) is 12.5. The Kier molecular flexibility index (Phi) is 11.7. The predicted molar refractivity (Wildman–Crippen MR) is 163 cm³/mol. The smallest absolute Gasteiger partial charge is 0.244 e. The number of amides is 2. The number of rotatable bonds is 13. The first-order valence-electron chi connectivity index (χ1n) is 12.8. The second-order valence-electron chi connectivity index (χ2n) is 9.32. The Balaban J connectivity index is 2.07. The van der Waals surface area contributed by atoms with Crippen LogP contribution in [0.2, 0.25) is 15.1 Å². The van der Waals surface area contributed by atoms with Crippen LogP contribution in [0.25, 0.3) is 0 Å². The van der Waals surface area contributed by atoms with Crippen molar-refractivity contribution in [2.45, 2.75) is 38.8 Å². The van der Waals surface area contributed by atoms with E-state index in [2.05, 4.69) is 5.32 Å². The van der Waals surface area contributed by atoms with Crippen molar-refractivity contribution >= 4 is 62.3 Å². The zero-order chi connectivity index (χ0) is 29.3. The number of halogens is 3. The summed E-state index contributed by atoms with van der Waals surface area (Å²) in [5.74, 6) is -0.950. The Morgan fingerprint density at radius 2 is 1.52 bits per heavy atom. The zero-order valence-corrected chi connectivity index (χ0v) is 25.4. The molecule has 0 heterocycles. The Bertz CT molecular complexity index is 1380. The summed E-state index contributed by atoms with van der Waals surface area (Å²) in [6, 6.07) is 19.4. The van der Waals surface area contributed by atoms with Crippen molar-refractivity contribution in [3.8, 4) is 0 Å². The highest BCUT2D eigenvalue weighted by molar-refractivity contribution is 7.92. The normalized spacial score (nSPS) is 12.0. The number of hydrogen-bond acceptors (Lipinski definition) is 4. The number of unbranched alkanes of at least 4 members (excludes halogenated alkanes) is 1. The fraction of sp³-hybridized carbons (Fsp3) is 0.310. The molecule has 0 saturated heterocycles. The average Bonchev–Trinajstić information content (AvgIpc) is 2.91. The first-order valence-corrected chi connectivity index (χ1v) is 15.8. The van der Waals surface area contributed by atoms with Gasteiger partial charge in [-0.2, -0.15) is 0 Å². The maximum absolute atomic E-state index is 14.1. The van der Waals surface area contributed by atoms with Gasteiger partial charge in [-0.15, -0.1) is 0 Å². The third-order valence-electron chi connectivity index (χ3n) is 6.28. The molecule has 0 unspecified atom stereocenters. The van der Waals surface area contributed by atoms with Crippen LogP contribution in [-0.2, 0) is 32.6 Å². The summed E-state index contributed by atoms with van der Waals surface area (Å²) in [6.45, 7) is 1.81. The molecule has 7 nitrogen and oxygen atoms in total. The van der Waals surface area contributed by atoms with Gasteiger partial charge in [-0.05, 0) is 48.4 Å². The Labute approximate surface area is 251 Å². The Morgan fingerprint density at radius 1 is 0.900 bits per heavy atom. The van der Waals surface area contributed by atoms with E-state index in [9.17, 15) is 18.0 Å². The van der Waals surface area contributed by atoms with E-state index in [4.69, 9.17) is 34.8 Å². The highest BCUT2D eigenvalue weighted by Crippen LogP contribution is 2.28. The zero-order valence-electron chi connectivity index (χ0n) is 22.3. The Hall–Kier alpha value is -2.78. The highest BCUT2D eigenvalue weighted by atomic mass is 35.5. The van der Waals surface area contributed by atoms with E-state index in [1.54, 1.807) is 30.3 Å². The van der Waals surface area contributed by atoms with E-state index < -0.39 is 28.5 Å². The lowest BCUT2D eigenvalue weighted by molar-refractivity contribution is -0.140. The molecule has 1 atom stereocenters. The van der Waals surface area contributed by atoms with Crippen LogP contribution in [-0.4, -0.2) is 50.5 Å². The van der Waals surface area contributed by atoms with Crippen LogP contribution in [0.1, 0.15) is 30.9 Å². The topological polar surface area (TPSA) is 86.8 Å². The molecule has 40 heavy (non-hydrogen) atoms. The predicted octanol–water partition coefficient (Wildman–Crippen LogP) is 5.97. The molecule has 0 aromatic heterocycles. The first-order chi connectivity index (χ1) is 19.0. The van der Waals surface area contributed by atoms with E-state index >= 15 is 0 Å². The van der Waals surface area contributed by atoms with Crippen LogP contribution in [0, 0.1) is 0 Å². The molecule has 0 aliphatic carbocycles. The van der Waals surface area contributed by atoms with Gasteiger partial charge in [0.15, 0.2) is 0 Å². The molecule has 0 radical (unpaired) electrons. The lowest BCUT2D eigenvalue weighted by Crippen LogP contribution is -2.53. The molecule has 3 aromatic carbocycles. The van der Waals surface area contributed by atoms with Gasteiger partial charge in [0, 0.05) is 40.1 Å². The summed E-state index contributed by atoms with van der Waals surface area (Å²) in [7, 11) is -3.88. The minimum atomic E-state index is -3.88. The number of benzene rings is 3. The lowest BCUT2D eigenvalue weighted by Gasteiger charge is -2.34. The largest absolute Gasteiger partial charge is 0.354 e. The monoisotopic (exact) mass is 623 g/mol. The van der Waals surface area contributed by atoms with Crippen molar-refractivity contribution in [2.75, 3.05) is 23.7 Å². The summed E-state index contributed by atoms with van der Waals surface area (Å²) in [5.41, 5.74) is 1.55. The number of nitrogens with zero attached hydrogens (tertiary/aromatic N) is 2. The van der Waals surface area contributed by atoms with E-state index in [0.29, 0.717) is 27.2 Å². The maximum atomic E-state index is 14.1. The molecule has 0 bridgehead atoms. The van der Waals surface area contributed by atoms with E-state index in [0.717, 1.165) is 29.0 Å². The summed E-state index contributed by atoms with van der Waals surface area (Å²) in [4.78, 5) is 29.0. The molecule has 1 N–H and O–H groups in total. The Morgan fingerprint density at radius 3 is 2.10 bits per heavy atom. The number of nitrogens with one attached hydrogen (secondary N) is 1. The lowest BCUT2D eigenvalue weighted by atomic mass is 10.0. The van der Waals surface area contributed by atoms with Gasteiger partial charge in [0.05, 0.1) is 11.9 Å². The van der Waals surface area contributed by atoms with Crippen LogP contribution in [0.3, 0.4) is 0 Å². The molecule has 3 rings (SSSR count). The van der Waals surface area contributed by atoms with Gasteiger partial charge in [-0.25, -0.2) is 8.42 Å². The summed E-state index contributed by atoms with van der Waals surface area (Å²) in [5, 5.41) is 4.01. The molecule has 2 amide bonds. The van der Waals surface area contributed by atoms with E-state index in [1.165, 1.54) is 17.0 Å². The summed E-state index contributed by atoms with van der Waals surface area (Å²) < 4.78 is 26.6. The van der Waals surface area contributed by atoms with Gasteiger partial charge in [-0.1, -0.05) is 84.5 Å². The van der Waals surface area contributed by atoms with Gasteiger partial charge in [-0.3, -0.25) is 13.9 Å². The molecular formula is C29H32Cl3N3O4S. The number of carbonyl (C=O) groups excluding carboxylic acids is 2. The second kappa shape index (κ2) is 14.7. The quantitative estimate of drug-likeness (QED) is 0.238. The number of anilines is 1. The van der Waals surface area contributed by atoms with Crippen LogP contribution in [0.5, 0.6) is 0 Å². The molecule has 3 aromatic rings. The average molecular weight is 625 g/mol. The summed E-state index contributed by atoms with van der Waals surface area (Å²) >= 11 is 18.9. The van der Waals surface area contributed by atoms with Crippen molar-refractivity contribution < 1.29 is 18.0 Å². The number of sulfonamides is 1. The van der Waals surface area contributed by atoms with Crippen LogP contribution in [0.15, 0.2) is 72.8 Å². The maximum Gasteiger partial charge on any atom is 0.244 e. The molecule has 0 aliphatic heterocycles. The fourth-order valence-electron chi connectivity index (χ4n) is 4.13. The molecule has 0 fully saturated rings. The standard InChI is InChI=1S/C29H32Cl3N3O4S/c1-3-4-17-33-29(37)27(18-21-9-6-5-7-10-21)34(19-24-25(31)11-8-12-26(24)32)28(36)20-35(40(2,38)39)23-15-13-22(30)14-16-23/h5-16,27H,3-4,17-20H2,1-2H3,(H,33,37)/t27-/m1/s1. The first kappa shape index (κ1) is 31.7. The van der Waals surface area contributed by atoms with Crippen molar-refractivity contribution in [2.24, 2.45) is 0 Å². The molecular weight excluding hydrogens is 593 g/mol. The SMILES string of the molecule is CCCCNC(=O)[C@@H](Cc1ccccc1)N(Cc1c(Cl)cccc1Cl)C(=O)CN(c1ccc(Cl)cc1)S(C)(=O)=O. The van der Waals surface area contributed by atoms with E-state index in [-0.39, 0.29) is 24.6 Å². The van der Waals surface area contributed by atoms with Gasteiger partial charge in [0.1, 0.15) is 12.6 Å². The summed E-state index contributed by atoms with van der Waals surface area (Å²) in [6.07, 6.45) is 2.87. The van der Waals surface area contributed by atoms with Gasteiger partial charge >= 0.3 is 0 Å². The molecule has 11 heteroatoms. The van der Waals surface area contributed by atoms with Crippen molar-refractivity contribution in [3.05, 3.63) is 99.0 Å². The van der Waals surface area contributed by atoms with E-state index in [1.807, 2.05) is 37.3 Å². The molecule has 0 spiro atoms. The van der Waals surface area contributed by atoms with Gasteiger partial charge in [0.2, 0.25) is 21.8 Å². The minimum Gasteiger partial charge on any atom is -0.354 e. The van der Waals surface area contributed by atoms with Crippen molar-refractivity contribution in [3.63, 3.8) is 0 Å². The highest BCUT2D eigenvalue weighted by Gasteiger charge is 2.33. The van der Waals surface area contributed by atoms with Gasteiger partial charge in [0.25, 0.3) is 0 Å². The van der Waals surface area contributed by atoms with Gasteiger partial charge < -0.3 is 10.2 Å². The minimum absolute atomic E-state index is 0.103. The third-order valence-corrected chi connectivity index (χ3v) is 8.39. The number of hydrogen-bond donors (Lipinski definition) is 1. The van der Waals surface area contributed by atoms with Crippen molar-refractivity contribution in [1.82, 2.24) is 10.2 Å². The fourth-order valence-corrected chi connectivity index (χ4v) is 5.63. The van der Waals surface area contributed by atoms with Crippen LogP contribution in [0.4, 0.5) is 5.69 Å². The van der Waals surface area contributed by atoms with Crippen LogP contribution >= 0.6 is 34.8 Å². The van der Waals surface area contributed by atoms with Crippen LogP contribution < -0.4 is 9.62 Å². The molecule has 214 valence electrons.